The van der Waals surface area contributed by atoms with Gasteiger partial charge in [-0.3, -0.25) is 4.79 Å². The molecule has 3 N–H and O–H groups in total. The number of phenols is 1. The Balaban J connectivity index is 1.90. The van der Waals surface area contributed by atoms with E-state index in [2.05, 4.69) is 47.7 Å². The van der Waals surface area contributed by atoms with Crippen molar-refractivity contribution in [2.24, 2.45) is 5.10 Å². The number of aromatic hydroxyl groups is 1. The van der Waals surface area contributed by atoms with Gasteiger partial charge in [-0.2, -0.15) is 5.10 Å². The smallest absolute Gasteiger partial charge is 0.259 e. The molecule has 0 saturated heterocycles. The second-order valence-electron chi connectivity index (χ2n) is 4.45. The molecule has 2 aromatic rings. The van der Waals surface area contributed by atoms with E-state index in [-0.39, 0.29) is 18.2 Å². The van der Waals surface area contributed by atoms with Crippen molar-refractivity contribution in [2.75, 3.05) is 11.9 Å². The predicted molar refractivity (Wildman–Crippen MR) is 99.2 cm³/mol. The molecular formula is C15H12Br2ClN3O2. The molecular weight excluding hydrogens is 449 g/mol. The van der Waals surface area contributed by atoms with Crippen LogP contribution >= 0.6 is 43.5 Å². The minimum atomic E-state index is -0.328. The highest BCUT2D eigenvalue weighted by Gasteiger charge is 2.08. The Morgan fingerprint density at radius 2 is 1.91 bits per heavy atom. The second kappa shape index (κ2) is 8.33. The molecule has 0 aromatic heterocycles. The number of carbonyl (C=O) groups excluding carboxylic acids is 1. The van der Waals surface area contributed by atoms with Crippen LogP contribution in [0.4, 0.5) is 5.69 Å². The summed E-state index contributed by atoms with van der Waals surface area (Å²) in [5, 5.41) is 16.9. The first kappa shape index (κ1) is 17.8. The van der Waals surface area contributed by atoms with E-state index in [0.717, 1.165) is 8.95 Å². The lowest BCUT2D eigenvalue weighted by atomic mass is 10.2. The van der Waals surface area contributed by atoms with E-state index in [1.807, 2.05) is 0 Å². The summed E-state index contributed by atoms with van der Waals surface area (Å²) in [5.41, 5.74) is 3.61. The van der Waals surface area contributed by atoms with E-state index in [1.165, 1.54) is 6.21 Å². The normalized spacial score (nSPS) is 10.7. The molecule has 0 bridgehead atoms. The van der Waals surface area contributed by atoms with Gasteiger partial charge in [0.2, 0.25) is 0 Å². The van der Waals surface area contributed by atoms with Crippen LogP contribution in [0.5, 0.6) is 5.75 Å². The predicted octanol–water partition coefficient (Wildman–Crippen LogP) is 4.13. The number of para-hydroxylation sites is 1. The molecule has 23 heavy (non-hydrogen) atoms. The summed E-state index contributed by atoms with van der Waals surface area (Å²) < 4.78 is 1.48. The lowest BCUT2D eigenvalue weighted by Gasteiger charge is -2.10. The molecule has 2 rings (SSSR count). The van der Waals surface area contributed by atoms with E-state index in [9.17, 15) is 9.90 Å². The molecule has 120 valence electrons. The van der Waals surface area contributed by atoms with Gasteiger partial charge in [-0.1, -0.05) is 23.7 Å². The minimum Gasteiger partial charge on any atom is -0.507 e. The fourth-order valence-electron chi connectivity index (χ4n) is 1.69. The zero-order valence-electron chi connectivity index (χ0n) is 11.7. The standard InChI is InChI=1S/C15H12Br2ClN3O2/c16-11-5-10(18)6-12(17)15(11)19-8-14(23)21-20-7-9-3-1-2-4-13(9)22/h1-7,19,22H,8H2,(H,21,23)/b20-7+. The topological polar surface area (TPSA) is 73.7 Å². The van der Waals surface area contributed by atoms with Crippen LogP contribution < -0.4 is 10.7 Å². The fraction of sp³-hybridized carbons (Fsp3) is 0.0667. The Kier molecular flexibility index (Phi) is 6.44. The summed E-state index contributed by atoms with van der Waals surface area (Å²) in [6.07, 6.45) is 1.38. The second-order valence-corrected chi connectivity index (χ2v) is 6.60. The summed E-state index contributed by atoms with van der Waals surface area (Å²) >= 11 is 12.7. The lowest BCUT2D eigenvalue weighted by molar-refractivity contribution is -0.119. The monoisotopic (exact) mass is 459 g/mol. The van der Waals surface area contributed by atoms with Gasteiger partial charge >= 0.3 is 0 Å². The minimum absolute atomic E-state index is 0.0247. The third-order valence-corrected chi connectivity index (χ3v) is 4.23. The van der Waals surface area contributed by atoms with Crippen molar-refractivity contribution in [1.29, 1.82) is 0 Å². The summed E-state index contributed by atoms with van der Waals surface area (Å²) in [5.74, 6) is -0.233. The molecule has 0 aliphatic carbocycles. The maximum absolute atomic E-state index is 11.8. The molecule has 0 fully saturated rings. The molecule has 0 spiro atoms. The molecule has 0 aliphatic heterocycles. The SMILES string of the molecule is O=C(CNc1c(Br)cc(Cl)cc1Br)N/N=C/c1ccccc1O. The number of carbonyl (C=O) groups is 1. The fourth-order valence-corrected chi connectivity index (χ4v) is 3.64. The lowest BCUT2D eigenvalue weighted by Crippen LogP contribution is -2.26. The van der Waals surface area contributed by atoms with Gasteiger partial charge in [0.25, 0.3) is 5.91 Å². The average Bonchev–Trinajstić information content (AvgIpc) is 2.48. The third-order valence-electron chi connectivity index (χ3n) is 2.76. The Morgan fingerprint density at radius 1 is 1.26 bits per heavy atom. The zero-order valence-corrected chi connectivity index (χ0v) is 15.6. The van der Waals surface area contributed by atoms with Gasteiger partial charge < -0.3 is 10.4 Å². The van der Waals surface area contributed by atoms with Crippen LogP contribution in [0.25, 0.3) is 0 Å². The van der Waals surface area contributed by atoms with Crippen molar-refractivity contribution in [3.63, 3.8) is 0 Å². The molecule has 0 unspecified atom stereocenters. The van der Waals surface area contributed by atoms with Crippen LogP contribution in [-0.2, 0) is 4.79 Å². The summed E-state index contributed by atoms with van der Waals surface area (Å²) in [6, 6.07) is 10.1. The highest BCUT2D eigenvalue weighted by molar-refractivity contribution is 9.11. The van der Waals surface area contributed by atoms with Gasteiger partial charge in [-0.25, -0.2) is 5.43 Å². The third kappa shape index (κ3) is 5.23. The number of hydrazone groups is 1. The van der Waals surface area contributed by atoms with Crippen LogP contribution in [0.15, 0.2) is 50.4 Å². The first-order valence-corrected chi connectivity index (χ1v) is 8.42. The van der Waals surface area contributed by atoms with Crippen molar-refractivity contribution in [1.82, 2.24) is 5.43 Å². The van der Waals surface area contributed by atoms with E-state index in [4.69, 9.17) is 11.6 Å². The number of hydrogen-bond donors (Lipinski definition) is 3. The Labute approximate surface area is 155 Å². The maximum Gasteiger partial charge on any atom is 0.259 e. The number of nitrogens with one attached hydrogen (secondary N) is 2. The van der Waals surface area contributed by atoms with E-state index in [0.29, 0.717) is 16.3 Å². The van der Waals surface area contributed by atoms with Crippen LogP contribution in [0.1, 0.15) is 5.56 Å². The zero-order chi connectivity index (χ0) is 16.8. The van der Waals surface area contributed by atoms with Crippen LogP contribution in [-0.4, -0.2) is 23.8 Å². The molecule has 0 atom stereocenters. The van der Waals surface area contributed by atoms with Crippen LogP contribution in [0.2, 0.25) is 5.02 Å². The van der Waals surface area contributed by atoms with Crippen molar-refractivity contribution in [3.8, 4) is 5.75 Å². The largest absolute Gasteiger partial charge is 0.507 e. The average molecular weight is 462 g/mol. The molecule has 0 radical (unpaired) electrons. The quantitative estimate of drug-likeness (QED) is 0.463. The number of nitrogens with zero attached hydrogens (tertiary/aromatic N) is 1. The molecule has 0 heterocycles. The number of rotatable bonds is 5. The van der Waals surface area contributed by atoms with Gasteiger partial charge in [0.05, 0.1) is 18.4 Å². The number of halogens is 3. The van der Waals surface area contributed by atoms with E-state index >= 15 is 0 Å². The maximum atomic E-state index is 11.8. The summed E-state index contributed by atoms with van der Waals surface area (Å²) in [7, 11) is 0. The first-order chi connectivity index (χ1) is 11.0. The van der Waals surface area contributed by atoms with Gasteiger partial charge in [0.1, 0.15) is 5.75 Å². The van der Waals surface area contributed by atoms with E-state index < -0.39 is 0 Å². The number of phenolic OH excluding ortho intramolecular Hbond substituents is 1. The molecule has 2 aromatic carbocycles. The highest BCUT2D eigenvalue weighted by Crippen LogP contribution is 2.33. The molecule has 5 nitrogen and oxygen atoms in total. The number of benzene rings is 2. The van der Waals surface area contributed by atoms with Crippen molar-refractivity contribution in [2.45, 2.75) is 0 Å². The number of hydrogen-bond acceptors (Lipinski definition) is 4. The Bertz CT molecular complexity index is 730. The van der Waals surface area contributed by atoms with E-state index in [1.54, 1.807) is 36.4 Å². The number of anilines is 1. The highest BCUT2D eigenvalue weighted by atomic mass is 79.9. The Morgan fingerprint density at radius 3 is 2.57 bits per heavy atom. The summed E-state index contributed by atoms with van der Waals surface area (Å²) in [6.45, 7) is 0.0247. The van der Waals surface area contributed by atoms with Crippen LogP contribution in [0.3, 0.4) is 0 Å². The molecule has 0 aliphatic rings. The first-order valence-electron chi connectivity index (χ1n) is 6.45. The van der Waals surface area contributed by atoms with Gasteiger partial charge in [-0.15, -0.1) is 0 Å². The summed E-state index contributed by atoms with van der Waals surface area (Å²) in [4.78, 5) is 11.8. The molecule has 1 amide bonds. The van der Waals surface area contributed by atoms with Crippen LogP contribution in [0, 0.1) is 0 Å². The molecule has 8 heteroatoms. The molecule has 0 saturated carbocycles. The Hall–Kier alpha value is -1.57. The van der Waals surface area contributed by atoms with Gasteiger partial charge in [0.15, 0.2) is 0 Å². The van der Waals surface area contributed by atoms with Gasteiger partial charge in [0, 0.05) is 19.5 Å². The van der Waals surface area contributed by atoms with Crippen molar-refractivity contribution in [3.05, 3.63) is 55.9 Å². The van der Waals surface area contributed by atoms with Gasteiger partial charge in [-0.05, 0) is 56.1 Å². The number of amides is 1. The van der Waals surface area contributed by atoms with Crippen molar-refractivity contribution < 1.29 is 9.90 Å². The van der Waals surface area contributed by atoms with Crippen molar-refractivity contribution >= 4 is 61.3 Å².